The van der Waals surface area contributed by atoms with Crippen LogP contribution in [0.25, 0.3) is 10.9 Å². The molecular weight excluding hydrogens is 342 g/mol. The maximum absolute atomic E-state index is 12.5. The number of pyridine rings is 1. The number of hydrogen-bond donors (Lipinski definition) is 0. The van der Waals surface area contributed by atoms with Crippen molar-refractivity contribution in [1.82, 2.24) is 14.8 Å². The van der Waals surface area contributed by atoms with Gasteiger partial charge in [0.2, 0.25) is 5.91 Å². The Bertz CT molecular complexity index is 844. The van der Waals surface area contributed by atoms with Crippen LogP contribution in [-0.4, -0.2) is 66.7 Å². The van der Waals surface area contributed by atoms with Gasteiger partial charge in [-0.15, -0.1) is 0 Å². The van der Waals surface area contributed by atoms with Crippen LogP contribution in [0.5, 0.6) is 5.75 Å². The van der Waals surface area contributed by atoms with Crippen molar-refractivity contribution in [3.63, 3.8) is 0 Å². The fourth-order valence-corrected chi connectivity index (χ4v) is 3.72. The highest BCUT2D eigenvalue weighted by Gasteiger charge is 2.28. The minimum atomic E-state index is 0.0852. The summed E-state index contributed by atoms with van der Waals surface area (Å²) in [6.45, 7) is 4.23. The van der Waals surface area contributed by atoms with Crippen LogP contribution in [0, 0.1) is 0 Å². The predicted octanol–water partition coefficient (Wildman–Crippen LogP) is 2.23. The van der Waals surface area contributed by atoms with E-state index in [0.29, 0.717) is 26.2 Å². The van der Waals surface area contributed by atoms with Crippen LogP contribution in [0.3, 0.4) is 0 Å². The Morgan fingerprint density at radius 1 is 1.26 bits per heavy atom. The first-order chi connectivity index (χ1) is 13.2. The second-order valence-corrected chi connectivity index (χ2v) is 7.01. The van der Waals surface area contributed by atoms with Gasteiger partial charge >= 0.3 is 0 Å². The fourth-order valence-electron chi connectivity index (χ4n) is 3.72. The first-order valence-electron chi connectivity index (χ1n) is 9.42. The minimum absolute atomic E-state index is 0.0852. The maximum Gasteiger partial charge on any atom is 0.224 e. The zero-order valence-electron chi connectivity index (χ0n) is 15.6. The largest absolute Gasteiger partial charge is 0.494 e. The average molecular weight is 367 g/mol. The SMILES string of the molecule is COc1cccc2ccc(CN3CCOC[C@H]3CC(=O)N3CC=CC3)nc12. The van der Waals surface area contributed by atoms with Gasteiger partial charge in [-0.3, -0.25) is 9.69 Å². The molecule has 0 aliphatic carbocycles. The van der Waals surface area contributed by atoms with Gasteiger partial charge in [0.15, 0.2) is 0 Å². The Hall–Kier alpha value is -2.44. The van der Waals surface area contributed by atoms with E-state index in [0.717, 1.165) is 42.0 Å². The fraction of sp³-hybridized carbons (Fsp3) is 0.429. The summed E-state index contributed by atoms with van der Waals surface area (Å²) in [5.41, 5.74) is 1.86. The van der Waals surface area contributed by atoms with Gasteiger partial charge in [0.05, 0.1) is 26.0 Å². The van der Waals surface area contributed by atoms with E-state index in [2.05, 4.69) is 17.0 Å². The van der Waals surface area contributed by atoms with Gasteiger partial charge in [0.25, 0.3) is 0 Å². The van der Waals surface area contributed by atoms with E-state index in [-0.39, 0.29) is 11.9 Å². The van der Waals surface area contributed by atoms with E-state index >= 15 is 0 Å². The van der Waals surface area contributed by atoms with Crippen molar-refractivity contribution in [1.29, 1.82) is 0 Å². The van der Waals surface area contributed by atoms with Crippen molar-refractivity contribution in [2.45, 2.75) is 19.0 Å². The van der Waals surface area contributed by atoms with Crippen molar-refractivity contribution < 1.29 is 14.3 Å². The van der Waals surface area contributed by atoms with E-state index in [1.807, 2.05) is 35.3 Å². The number of carbonyl (C=O) groups excluding carboxylic acids is 1. The molecule has 0 N–H and O–H groups in total. The first-order valence-corrected chi connectivity index (χ1v) is 9.42. The molecule has 3 heterocycles. The summed E-state index contributed by atoms with van der Waals surface area (Å²) < 4.78 is 11.1. The van der Waals surface area contributed by atoms with Crippen molar-refractivity contribution in [3.8, 4) is 5.75 Å². The van der Waals surface area contributed by atoms with Gasteiger partial charge in [0, 0.05) is 44.0 Å². The quantitative estimate of drug-likeness (QED) is 0.759. The molecular formula is C21H25N3O3. The number of para-hydroxylation sites is 1. The van der Waals surface area contributed by atoms with Crippen LogP contribution < -0.4 is 4.74 Å². The van der Waals surface area contributed by atoms with Crippen LogP contribution in [-0.2, 0) is 16.1 Å². The van der Waals surface area contributed by atoms with Gasteiger partial charge in [-0.05, 0) is 12.1 Å². The number of rotatable bonds is 5. The predicted molar refractivity (Wildman–Crippen MR) is 104 cm³/mol. The summed E-state index contributed by atoms with van der Waals surface area (Å²) in [6, 6.07) is 10.2. The standard InChI is InChI=1S/C21H25N3O3/c1-26-19-6-4-5-16-7-8-17(22-21(16)19)14-24-11-12-27-15-18(24)13-20(25)23-9-2-3-10-23/h2-8,18H,9-15H2,1H3/t18-/m1/s1. The number of carbonyl (C=O) groups is 1. The lowest BCUT2D eigenvalue weighted by Crippen LogP contribution is -2.47. The van der Waals surface area contributed by atoms with Crippen molar-refractivity contribution in [3.05, 3.63) is 48.2 Å². The first kappa shape index (κ1) is 17.9. The molecule has 1 amide bonds. The summed E-state index contributed by atoms with van der Waals surface area (Å²) in [7, 11) is 1.67. The number of aromatic nitrogens is 1. The monoisotopic (exact) mass is 367 g/mol. The number of amides is 1. The third-order valence-electron chi connectivity index (χ3n) is 5.26. The molecule has 6 heteroatoms. The lowest BCUT2D eigenvalue weighted by molar-refractivity contribution is -0.133. The van der Waals surface area contributed by atoms with Gasteiger partial charge in [0.1, 0.15) is 11.3 Å². The van der Waals surface area contributed by atoms with E-state index in [1.54, 1.807) is 7.11 Å². The summed E-state index contributed by atoms with van der Waals surface area (Å²) in [4.78, 5) is 21.6. The zero-order valence-corrected chi connectivity index (χ0v) is 15.6. The molecule has 1 aromatic heterocycles. The van der Waals surface area contributed by atoms with Crippen molar-refractivity contribution in [2.75, 3.05) is 40.0 Å². The molecule has 2 aliphatic rings. The second kappa shape index (κ2) is 8.06. The number of ether oxygens (including phenoxy) is 2. The molecule has 1 fully saturated rings. The molecule has 2 aliphatic heterocycles. The second-order valence-electron chi connectivity index (χ2n) is 7.01. The Morgan fingerprint density at radius 3 is 2.93 bits per heavy atom. The molecule has 0 spiro atoms. The number of fused-ring (bicyclic) bond motifs is 1. The normalized spacial score (nSPS) is 20.3. The van der Waals surface area contributed by atoms with E-state index in [4.69, 9.17) is 14.5 Å². The Morgan fingerprint density at radius 2 is 2.11 bits per heavy atom. The van der Waals surface area contributed by atoms with Gasteiger partial charge in [-0.1, -0.05) is 30.4 Å². The van der Waals surface area contributed by atoms with Crippen molar-refractivity contribution in [2.24, 2.45) is 0 Å². The Kier molecular flexibility index (Phi) is 5.36. The Labute approximate surface area is 159 Å². The molecule has 1 aromatic carbocycles. The number of hydrogen-bond acceptors (Lipinski definition) is 5. The highest BCUT2D eigenvalue weighted by molar-refractivity contribution is 5.84. The van der Waals surface area contributed by atoms with Crippen molar-refractivity contribution >= 4 is 16.8 Å². The third kappa shape index (κ3) is 3.96. The zero-order chi connectivity index (χ0) is 18.6. The van der Waals surface area contributed by atoms with Crippen LogP contribution >= 0.6 is 0 Å². The molecule has 4 rings (SSSR count). The molecule has 2 aromatic rings. The topological polar surface area (TPSA) is 54.9 Å². The number of benzene rings is 1. The number of nitrogens with zero attached hydrogens (tertiary/aromatic N) is 3. The highest BCUT2D eigenvalue weighted by Crippen LogP contribution is 2.24. The van der Waals surface area contributed by atoms with E-state index < -0.39 is 0 Å². The highest BCUT2D eigenvalue weighted by atomic mass is 16.5. The summed E-state index contributed by atoms with van der Waals surface area (Å²) in [6.07, 6.45) is 4.57. The summed E-state index contributed by atoms with van der Waals surface area (Å²) in [5.74, 6) is 0.971. The number of morpholine rings is 1. The lowest BCUT2D eigenvalue weighted by atomic mass is 10.1. The number of methoxy groups -OCH3 is 1. The molecule has 1 saturated heterocycles. The molecule has 142 valence electrons. The van der Waals surface area contributed by atoms with E-state index in [1.165, 1.54) is 0 Å². The molecule has 27 heavy (non-hydrogen) atoms. The molecule has 0 bridgehead atoms. The van der Waals surface area contributed by atoms with E-state index in [9.17, 15) is 4.79 Å². The minimum Gasteiger partial charge on any atom is -0.494 e. The smallest absolute Gasteiger partial charge is 0.224 e. The summed E-state index contributed by atoms with van der Waals surface area (Å²) >= 11 is 0. The molecule has 0 saturated carbocycles. The molecule has 1 atom stereocenters. The summed E-state index contributed by atoms with van der Waals surface area (Å²) in [5, 5.41) is 1.06. The molecule has 0 unspecified atom stereocenters. The molecule has 6 nitrogen and oxygen atoms in total. The van der Waals surface area contributed by atoms with Crippen LogP contribution in [0.1, 0.15) is 12.1 Å². The molecule has 0 radical (unpaired) electrons. The van der Waals surface area contributed by atoms with Gasteiger partial charge < -0.3 is 14.4 Å². The van der Waals surface area contributed by atoms with Gasteiger partial charge in [-0.2, -0.15) is 0 Å². The van der Waals surface area contributed by atoms with Gasteiger partial charge in [-0.25, -0.2) is 4.98 Å². The third-order valence-corrected chi connectivity index (χ3v) is 5.26. The maximum atomic E-state index is 12.5. The Balaban J connectivity index is 1.49. The van der Waals surface area contributed by atoms with Crippen LogP contribution in [0.2, 0.25) is 0 Å². The lowest BCUT2D eigenvalue weighted by Gasteiger charge is -2.35. The average Bonchev–Trinajstić information content (AvgIpc) is 3.24. The van der Waals surface area contributed by atoms with Crippen LogP contribution in [0.4, 0.5) is 0 Å². The van der Waals surface area contributed by atoms with Crippen LogP contribution in [0.15, 0.2) is 42.5 Å².